The van der Waals surface area contributed by atoms with E-state index in [0.717, 1.165) is 38.5 Å². The highest BCUT2D eigenvalue weighted by molar-refractivity contribution is 5.70. The number of likely N-dealkylation sites (N-methyl/N-ethyl adjacent to an activating group) is 1. The van der Waals surface area contributed by atoms with Crippen molar-refractivity contribution in [2.75, 3.05) is 47.5 Å². The Kier molecular flexibility index (Phi) is 53.2. The molecular formula is C62H121NO8. The molecule has 0 radical (unpaired) electrons. The molecule has 0 heterocycles. The van der Waals surface area contributed by atoms with Crippen molar-refractivity contribution >= 4 is 17.9 Å². The van der Waals surface area contributed by atoms with Crippen LogP contribution in [0.15, 0.2) is 0 Å². The number of aliphatic carboxylic acids is 1. The molecule has 0 saturated heterocycles. The molecule has 0 spiro atoms. The first-order valence-corrected chi connectivity index (χ1v) is 31.2. The number of nitrogens with zero attached hydrogens (tertiary/aromatic N) is 1. The van der Waals surface area contributed by atoms with Crippen molar-refractivity contribution in [3.05, 3.63) is 0 Å². The standard InChI is InChI=1S/C62H121NO8/c1-6-8-10-12-14-16-18-20-22-23-24-25-26-27-28-29-30-31-32-33-34-35-36-37-39-41-43-45-47-49-51-53-60(65)71-58(57-70-62(61(66)67)68-55-54-63(3,4)5)56-69-59(64)52-50-48-46-44-42-40-38-21-19-17-15-13-11-9-7-2/h58,62H,6-57H2,1-5H3. The van der Waals surface area contributed by atoms with Gasteiger partial charge in [0.15, 0.2) is 12.4 Å². The van der Waals surface area contributed by atoms with Crippen LogP contribution in [0.25, 0.3) is 0 Å². The van der Waals surface area contributed by atoms with Gasteiger partial charge in [-0.25, -0.2) is 0 Å². The van der Waals surface area contributed by atoms with Gasteiger partial charge in [-0.05, 0) is 12.8 Å². The third-order valence-corrected chi connectivity index (χ3v) is 14.4. The highest BCUT2D eigenvalue weighted by Crippen LogP contribution is 2.19. The first kappa shape index (κ1) is 69.3. The summed E-state index contributed by atoms with van der Waals surface area (Å²) in [5.74, 6) is -2.25. The minimum Gasteiger partial charge on any atom is -0.545 e. The van der Waals surface area contributed by atoms with Gasteiger partial charge in [0.1, 0.15) is 13.2 Å². The molecule has 0 aliphatic rings. The van der Waals surface area contributed by atoms with E-state index in [1.807, 2.05) is 21.1 Å². The van der Waals surface area contributed by atoms with E-state index in [4.69, 9.17) is 18.9 Å². The fourth-order valence-corrected chi connectivity index (χ4v) is 9.54. The molecule has 0 aromatic heterocycles. The number of ether oxygens (including phenoxy) is 4. The highest BCUT2D eigenvalue weighted by Gasteiger charge is 2.22. The predicted molar refractivity (Wildman–Crippen MR) is 297 cm³/mol. The van der Waals surface area contributed by atoms with Gasteiger partial charge in [-0.3, -0.25) is 9.59 Å². The number of esters is 2. The molecule has 2 unspecified atom stereocenters. The molecule has 422 valence electrons. The highest BCUT2D eigenvalue weighted by atomic mass is 16.7. The molecule has 9 nitrogen and oxygen atoms in total. The number of carbonyl (C=O) groups excluding carboxylic acids is 3. The minimum absolute atomic E-state index is 0.153. The second kappa shape index (κ2) is 54.5. The Morgan fingerprint density at radius 3 is 0.901 bits per heavy atom. The van der Waals surface area contributed by atoms with E-state index < -0.39 is 24.3 Å². The molecule has 0 aliphatic carbocycles. The maximum Gasteiger partial charge on any atom is 0.306 e. The number of carboxylic acids is 1. The average molecular weight is 1010 g/mol. The molecule has 0 amide bonds. The molecule has 0 aromatic carbocycles. The summed E-state index contributed by atoms with van der Waals surface area (Å²) < 4.78 is 22.7. The molecule has 0 N–H and O–H groups in total. The summed E-state index contributed by atoms with van der Waals surface area (Å²) in [7, 11) is 5.94. The van der Waals surface area contributed by atoms with Crippen LogP contribution in [0.5, 0.6) is 0 Å². The maximum absolute atomic E-state index is 12.9. The van der Waals surface area contributed by atoms with E-state index in [0.29, 0.717) is 17.4 Å². The molecule has 0 bridgehead atoms. The van der Waals surface area contributed by atoms with Crippen LogP contribution in [0.2, 0.25) is 0 Å². The van der Waals surface area contributed by atoms with Gasteiger partial charge in [0.2, 0.25) is 0 Å². The number of quaternary nitrogens is 1. The van der Waals surface area contributed by atoms with Gasteiger partial charge in [-0.2, -0.15) is 0 Å². The summed E-state index contributed by atoms with van der Waals surface area (Å²) in [6.07, 6.45) is 58.9. The number of carboxylic acid groups (broad SMARTS) is 1. The molecular weight excluding hydrogens is 887 g/mol. The second-order valence-electron chi connectivity index (χ2n) is 22.7. The fourth-order valence-electron chi connectivity index (χ4n) is 9.54. The minimum atomic E-state index is -1.61. The topological polar surface area (TPSA) is 111 Å². The van der Waals surface area contributed by atoms with E-state index in [1.165, 1.54) is 257 Å². The molecule has 2 atom stereocenters. The van der Waals surface area contributed by atoms with Crippen LogP contribution >= 0.6 is 0 Å². The third kappa shape index (κ3) is 55.9. The fraction of sp³-hybridized carbons (Fsp3) is 0.952. The Labute approximate surface area is 441 Å². The van der Waals surface area contributed by atoms with Crippen molar-refractivity contribution < 1.29 is 42.9 Å². The average Bonchev–Trinajstić information content (AvgIpc) is 3.34. The quantitative estimate of drug-likeness (QED) is 0.0256. The van der Waals surface area contributed by atoms with Crippen molar-refractivity contribution in [2.45, 2.75) is 334 Å². The van der Waals surface area contributed by atoms with Gasteiger partial charge in [0, 0.05) is 12.8 Å². The third-order valence-electron chi connectivity index (χ3n) is 14.4. The maximum atomic E-state index is 12.9. The van der Waals surface area contributed by atoms with Gasteiger partial charge in [-0.15, -0.1) is 0 Å². The largest absolute Gasteiger partial charge is 0.545 e. The molecule has 0 aliphatic heterocycles. The molecule has 0 aromatic rings. The van der Waals surface area contributed by atoms with Crippen LogP contribution in [-0.2, 0) is 33.3 Å². The van der Waals surface area contributed by atoms with Crippen molar-refractivity contribution in [1.82, 2.24) is 0 Å². The SMILES string of the molecule is CCCCCCCCCCCCCCCCCCCCCCCCCCCCCCCCCC(=O)OC(COC(=O)CCCCCCCCCCCCCCCCC)COC(OCC[N+](C)(C)C)C(=O)[O-]. The Morgan fingerprint density at radius 1 is 0.366 bits per heavy atom. The summed E-state index contributed by atoms with van der Waals surface area (Å²) >= 11 is 0. The zero-order valence-electron chi connectivity index (χ0n) is 48.1. The van der Waals surface area contributed by atoms with Crippen LogP contribution in [0, 0.1) is 0 Å². The van der Waals surface area contributed by atoms with Crippen molar-refractivity contribution in [1.29, 1.82) is 0 Å². The molecule has 71 heavy (non-hydrogen) atoms. The van der Waals surface area contributed by atoms with Crippen LogP contribution in [0.4, 0.5) is 0 Å². The lowest BCUT2D eigenvalue weighted by molar-refractivity contribution is -0.870. The number of unbranched alkanes of at least 4 members (excludes halogenated alkanes) is 44. The lowest BCUT2D eigenvalue weighted by Gasteiger charge is -2.26. The van der Waals surface area contributed by atoms with E-state index in [9.17, 15) is 19.5 Å². The smallest absolute Gasteiger partial charge is 0.306 e. The molecule has 0 fully saturated rings. The van der Waals surface area contributed by atoms with Crippen molar-refractivity contribution in [3.63, 3.8) is 0 Å². The van der Waals surface area contributed by atoms with Crippen molar-refractivity contribution in [3.8, 4) is 0 Å². The lowest BCUT2D eigenvalue weighted by atomic mass is 10.0. The van der Waals surface area contributed by atoms with Crippen LogP contribution in [-0.4, -0.2) is 82.3 Å². The summed E-state index contributed by atoms with van der Waals surface area (Å²) in [5.41, 5.74) is 0. The lowest BCUT2D eigenvalue weighted by Crippen LogP contribution is -2.44. The molecule has 9 heteroatoms. The first-order valence-electron chi connectivity index (χ1n) is 31.2. The van der Waals surface area contributed by atoms with Gasteiger partial charge < -0.3 is 33.3 Å². The van der Waals surface area contributed by atoms with Crippen molar-refractivity contribution in [2.24, 2.45) is 0 Å². The van der Waals surface area contributed by atoms with Gasteiger partial charge in [0.05, 0.1) is 40.3 Å². The van der Waals surface area contributed by atoms with Crippen LogP contribution < -0.4 is 5.11 Å². The monoisotopic (exact) mass is 1010 g/mol. The Balaban J connectivity index is 4.04. The Hall–Kier alpha value is -1.71. The predicted octanol–water partition coefficient (Wildman–Crippen LogP) is 17.0. The number of rotatable bonds is 59. The zero-order chi connectivity index (χ0) is 52.0. The van der Waals surface area contributed by atoms with E-state index in [1.54, 1.807) is 0 Å². The van der Waals surface area contributed by atoms with E-state index in [2.05, 4.69) is 13.8 Å². The van der Waals surface area contributed by atoms with Gasteiger partial charge >= 0.3 is 11.9 Å². The van der Waals surface area contributed by atoms with Crippen LogP contribution in [0.3, 0.4) is 0 Å². The van der Waals surface area contributed by atoms with Gasteiger partial charge in [0.25, 0.3) is 0 Å². The number of hydrogen-bond donors (Lipinski definition) is 0. The summed E-state index contributed by atoms with van der Waals surface area (Å²) in [6.45, 7) is 4.82. The Morgan fingerprint density at radius 2 is 0.634 bits per heavy atom. The molecule has 0 rings (SSSR count). The normalized spacial score (nSPS) is 12.6. The summed E-state index contributed by atoms with van der Waals surface area (Å²) in [5, 5.41) is 11.8. The summed E-state index contributed by atoms with van der Waals surface area (Å²) in [6, 6.07) is 0. The zero-order valence-corrected chi connectivity index (χ0v) is 48.1. The number of hydrogen-bond acceptors (Lipinski definition) is 8. The van der Waals surface area contributed by atoms with Crippen LogP contribution in [0.1, 0.15) is 322 Å². The number of carbonyl (C=O) groups is 3. The van der Waals surface area contributed by atoms with Gasteiger partial charge in [-0.1, -0.05) is 296 Å². The second-order valence-corrected chi connectivity index (χ2v) is 22.7. The van der Waals surface area contributed by atoms with E-state index in [-0.39, 0.29) is 32.2 Å². The summed E-state index contributed by atoms with van der Waals surface area (Å²) in [4.78, 5) is 37.3. The Bertz CT molecular complexity index is 1130. The van der Waals surface area contributed by atoms with E-state index >= 15 is 0 Å². The molecule has 0 saturated carbocycles. The first-order chi connectivity index (χ1) is 34.6.